The van der Waals surface area contributed by atoms with Crippen molar-refractivity contribution in [2.75, 3.05) is 0 Å². The number of nitro groups is 1. The topological polar surface area (TPSA) is 81.5 Å². The van der Waals surface area contributed by atoms with E-state index in [1.807, 2.05) is 55.5 Å². The zero-order valence-corrected chi connectivity index (χ0v) is 15.6. The molecule has 29 heavy (non-hydrogen) atoms. The Labute approximate surface area is 167 Å². The summed E-state index contributed by atoms with van der Waals surface area (Å²) >= 11 is 0. The van der Waals surface area contributed by atoms with E-state index in [1.165, 1.54) is 12.1 Å². The third kappa shape index (κ3) is 4.11. The van der Waals surface area contributed by atoms with Crippen LogP contribution in [0.5, 0.6) is 0 Å². The molecule has 0 spiro atoms. The summed E-state index contributed by atoms with van der Waals surface area (Å²) in [6.45, 7) is 2.02. The highest BCUT2D eigenvalue weighted by Crippen LogP contribution is 2.28. The highest BCUT2D eigenvalue weighted by molar-refractivity contribution is 5.84. The van der Waals surface area contributed by atoms with Gasteiger partial charge in [-0.25, -0.2) is 4.98 Å². The molecule has 142 valence electrons. The van der Waals surface area contributed by atoms with Crippen LogP contribution in [-0.4, -0.2) is 16.1 Å². The molecule has 0 N–H and O–H groups in total. The second-order valence-electron chi connectivity index (χ2n) is 6.47. The predicted molar refractivity (Wildman–Crippen MR) is 114 cm³/mol. The van der Waals surface area contributed by atoms with Gasteiger partial charge in [-0.05, 0) is 60.5 Å². The zero-order chi connectivity index (χ0) is 20.2. The summed E-state index contributed by atoms with van der Waals surface area (Å²) in [6.07, 6.45) is 5.29. The SMILES string of the molecule is Cc1ccccc1-c1nc2cc(N=CC=Cc3ccc([N+](=O)[O-])cc3)ccc2o1. The van der Waals surface area contributed by atoms with Crippen LogP contribution in [0.1, 0.15) is 11.1 Å². The van der Waals surface area contributed by atoms with Crippen LogP contribution in [0.15, 0.2) is 82.2 Å². The number of fused-ring (bicyclic) bond motifs is 1. The van der Waals surface area contributed by atoms with Gasteiger partial charge >= 0.3 is 0 Å². The fraction of sp³-hybridized carbons (Fsp3) is 0.0435. The average molecular weight is 383 g/mol. The standard InChI is InChI=1S/C23H17N3O3/c1-16-5-2-3-7-20(16)23-25-21-15-18(10-13-22(21)29-23)24-14-4-6-17-8-11-19(12-9-17)26(27)28/h2-15H,1H3. The molecule has 0 aliphatic carbocycles. The van der Waals surface area contributed by atoms with Crippen molar-refractivity contribution in [2.24, 2.45) is 4.99 Å². The Bertz CT molecular complexity index is 1240. The van der Waals surface area contributed by atoms with Gasteiger partial charge in [0.25, 0.3) is 5.69 Å². The number of allylic oxidation sites excluding steroid dienone is 1. The van der Waals surface area contributed by atoms with Crippen LogP contribution in [-0.2, 0) is 0 Å². The number of rotatable bonds is 5. The molecular formula is C23H17N3O3. The molecule has 0 unspecified atom stereocenters. The largest absolute Gasteiger partial charge is 0.436 e. The van der Waals surface area contributed by atoms with Gasteiger partial charge in [0.1, 0.15) is 5.52 Å². The number of aryl methyl sites for hydroxylation is 1. The van der Waals surface area contributed by atoms with Crippen molar-refractivity contribution < 1.29 is 9.34 Å². The van der Waals surface area contributed by atoms with Gasteiger partial charge in [0.2, 0.25) is 5.89 Å². The number of nitro benzene ring substituents is 1. The lowest BCUT2D eigenvalue weighted by molar-refractivity contribution is -0.384. The maximum atomic E-state index is 10.7. The first kappa shape index (κ1) is 18.3. The van der Waals surface area contributed by atoms with E-state index < -0.39 is 4.92 Å². The lowest BCUT2D eigenvalue weighted by atomic mass is 10.1. The first-order chi connectivity index (χ1) is 14.1. The quantitative estimate of drug-likeness (QED) is 0.236. The molecule has 0 aliphatic rings. The van der Waals surface area contributed by atoms with Gasteiger partial charge in [-0.15, -0.1) is 0 Å². The third-order valence-electron chi connectivity index (χ3n) is 4.45. The van der Waals surface area contributed by atoms with Crippen molar-refractivity contribution >= 4 is 34.8 Å². The van der Waals surface area contributed by atoms with E-state index in [4.69, 9.17) is 4.42 Å². The van der Waals surface area contributed by atoms with Gasteiger partial charge < -0.3 is 4.42 Å². The summed E-state index contributed by atoms with van der Waals surface area (Å²) in [4.78, 5) is 19.3. The number of hydrogen-bond donors (Lipinski definition) is 0. The highest BCUT2D eigenvalue weighted by atomic mass is 16.6. The maximum absolute atomic E-state index is 10.7. The Kier molecular flexibility index (Phi) is 4.99. The summed E-state index contributed by atoms with van der Waals surface area (Å²) in [7, 11) is 0. The Morgan fingerprint density at radius 3 is 2.62 bits per heavy atom. The van der Waals surface area contributed by atoms with Crippen LogP contribution in [0, 0.1) is 17.0 Å². The molecule has 4 aromatic rings. The monoisotopic (exact) mass is 383 g/mol. The first-order valence-electron chi connectivity index (χ1n) is 9.02. The molecule has 0 saturated heterocycles. The Hall–Kier alpha value is -4.06. The summed E-state index contributed by atoms with van der Waals surface area (Å²) in [5.74, 6) is 0.595. The van der Waals surface area contributed by atoms with Gasteiger partial charge in [0.05, 0.1) is 10.6 Å². The minimum absolute atomic E-state index is 0.0711. The van der Waals surface area contributed by atoms with Crippen molar-refractivity contribution in [1.29, 1.82) is 0 Å². The van der Waals surface area contributed by atoms with Gasteiger partial charge in [-0.3, -0.25) is 15.1 Å². The average Bonchev–Trinajstić information content (AvgIpc) is 3.15. The summed E-state index contributed by atoms with van der Waals surface area (Å²) in [5, 5.41) is 10.7. The Morgan fingerprint density at radius 2 is 1.86 bits per heavy atom. The normalized spacial score (nSPS) is 11.6. The van der Waals surface area contributed by atoms with E-state index in [2.05, 4.69) is 9.98 Å². The molecule has 0 fully saturated rings. The van der Waals surface area contributed by atoms with Crippen LogP contribution >= 0.6 is 0 Å². The lowest BCUT2D eigenvalue weighted by Gasteiger charge is -1.98. The number of aliphatic imine (C=N–C) groups is 1. The number of oxazole rings is 1. The molecule has 4 rings (SSSR count). The van der Waals surface area contributed by atoms with Gasteiger partial charge in [0.15, 0.2) is 5.58 Å². The van der Waals surface area contributed by atoms with E-state index in [1.54, 1.807) is 24.4 Å². The van der Waals surface area contributed by atoms with E-state index >= 15 is 0 Å². The predicted octanol–water partition coefficient (Wildman–Crippen LogP) is 6.13. The number of benzene rings is 3. The molecule has 6 heteroatoms. The molecule has 3 aromatic carbocycles. The van der Waals surface area contributed by atoms with Crippen LogP contribution in [0.2, 0.25) is 0 Å². The molecule has 0 radical (unpaired) electrons. The summed E-state index contributed by atoms with van der Waals surface area (Å²) < 4.78 is 5.87. The van der Waals surface area contributed by atoms with Gasteiger partial charge in [0, 0.05) is 23.9 Å². The maximum Gasteiger partial charge on any atom is 0.269 e. The zero-order valence-electron chi connectivity index (χ0n) is 15.6. The molecule has 0 atom stereocenters. The number of non-ortho nitro benzene ring substituents is 1. The third-order valence-corrected chi connectivity index (χ3v) is 4.45. The van der Waals surface area contributed by atoms with Crippen LogP contribution in [0.4, 0.5) is 11.4 Å². The molecule has 0 amide bonds. The summed E-state index contributed by atoms with van der Waals surface area (Å²) in [6, 6.07) is 19.9. The van der Waals surface area contributed by atoms with E-state index in [9.17, 15) is 10.1 Å². The molecule has 6 nitrogen and oxygen atoms in total. The smallest absolute Gasteiger partial charge is 0.269 e. The van der Waals surface area contributed by atoms with Crippen molar-refractivity contribution in [2.45, 2.75) is 6.92 Å². The van der Waals surface area contributed by atoms with E-state index in [0.717, 1.165) is 27.9 Å². The van der Waals surface area contributed by atoms with Crippen LogP contribution in [0.3, 0.4) is 0 Å². The molecule has 0 bridgehead atoms. The first-order valence-corrected chi connectivity index (χ1v) is 9.02. The van der Waals surface area contributed by atoms with Crippen molar-refractivity contribution in [3.05, 3.63) is 94.0 Å². The van der Waals surface area contributed by atoms with E-state index in [0.29, 0.717) is 11.5 Å². The highest BCUT2D eigenvalue weighted by Gasteiger charge is 2.10. The second-order valence-corrected chi connectivity index (χ2v) is 6.47. The van der Waals surface area contributed by atoms with Crippen molar-refractivity contribution in [3.63, 3.8) is 0 Å². The van der Waals surface area contributed by atoms with Crippen molar-refractivity contribution in [1.82, 2.24) is 4.98 Å². The lowest BCUT2D eigenvalue weighted by Crippen LogP contribution is -1.86. The number of hydrogen-bond acceptors (Lipinski definition) is 5. The van der Waals surface area contributed by atoms with Crippen molar-refractivity contribution in [3.8, 4) is 11.5 Å². The molecule has 1 heterocycles. The second kappa shape index (κ2) is 7.90. The Morgan fingerprint density at radius 1 is 1.07 bits per heavy atom. The van der Waals surface area contributed by atoms with Crippen LogP contribution < -0.4 is 0 Å². The van der Waals surface area contributed by atoms with E-state index in [-0.39, 0.29) is 5.69 Å². The fourth-order valence-electron chi connectivity index (χ4n) is 2.91. The number of aromatic nitrogens is 1. The number of nitrogens with zero attached hydrogens (tertiary/aromatic N) is 3. The molecule has 0 saturated carbocycles. The fourth-order valence-corrected chi connectivity index (χ4v) is 2.91. The van der Waals surface area contributed by atoms with Gasteiger partial charge in [-0.1, -0.05) is 24.3 Å². The molecular weight excluding hydrogens is 366 g/mol. The Balaban J connectivity index is 1.51. The molecule has 1 aromatic heterocycles. The summed E-state index contributed by atoms with van der Waals surface area (Å²) in [5.41, 5.74) is 5.23. The molecule has 0 aliphatic heterocycles. The minimum Gasteiger partial charge on any atom is -0.436 e. The minimum atomic E-state index is -0.417. The van der Waals surface area contributed by atoms with Crippen LogP contribution in [0.25, 0.3) is 28.6 Å². The van der Waals surface area contributed by atoms with Gasteiger partial charge in [-0.2, -0.15) is 0 Å².